The third kappa shape index (κ3) is 5.31. The number of carbonyl (C=O) groups excluding carboxylic acids is 1. The molecule has 0 saturated carbocycles. The van der Waals surface area contributed by atoms with Crippen LogP contribution in [0.1, 0.15) is 25.8 Å². The molecule has 1 heterocycles. The highest BCUT2D eigenvalue weighted by Crippen LogP contribution is 2.18. The number of sulfone groups is 1. The minimum absolute atomic E-state index is 0.00649. The Kier molecular flexibility index (Phi) is 6.80. The molecule has 1 aromatic carbocycles. The molecule has 0 spiro atoms. The van der Waals surface area contributed by atoms with Crippen LogP contribution < -0.4 is 5.32 Å². The molecule has 134 valence electrons. The van der Waals surface area contributed by atoms with E-state index in [-0.39, 0.29) is 29.4 Å². The van der Waals surface area contributed by atoms with Crippen molar-refractivity contribution < 1.29 is 13.2 Å². The molecule has 1 aromatic rings. The minimum atomic E-state index is -3.02. The molecule has 1 N–H and O–H groups in total. The fourth-order valence-corrected chi connectivity index (χ4v) is 5.06. The Hall–Kier alpha value is -1.40. The Morgan fingerprint density at radius 1 is 1.25 bits per heavy atom. The summed E-state index contributed by atoms with van der Waals surface area (Å²) in [4.78, 5) is 14.6. The van der Waals surface area contributed by atoms with Crippen molar-refractivity contribution in [3.05, 3.63) is 35.9 Å². The number of rotatable bonds is 8. The van der Waals surface area contributed by atoms with Crippen LogP contribution in [0.3, 0.4) is 0 Å². The zero-order valence-corrected chi connectivity index (χ0v) is 15.4. The molecular weight excluding hydrogens is 324 g/mol. The monoisotopic (exact) mass is 352 g/mol. The van der Waals surface area contributed by atoms with Gasteiger partial charge in [0.25, 0.3) is 0 Å². The molecule has 5 nitrogen and oxygen atoms in total. The van der Waals surface area contributed by atoms with Gasteiger partial charge in [-0.3, -0.25) is 9.69 Å². The predicted molar refractivity (Wildman–Crippen MR) is 96.6 cm³/mol. The van der Waals surface area contributed by atoms with Gasteiger partial charge in [-0.05, 0) is 31.5 Å². The van der Waals surface area contributed by atoms with Crippen molar-refractivity contribution >= 4 is 15.7 Å². The summed E-state index contributed by atoms with van der Waals surface area (Å²) in [6.07, 6.45) is 1.31. The van der Waals surface area contributed by atoms with Gasteiger partial charge in [-0.2, -0.15) is 0 Å². The highest BCUT2D eigenvalue weighted by Gasteiger charge is 2.33. The van der Waals surface area contributed by atoms with E-state index in [0.717, 1.165) is 19.5 Å². The maximum absolute atomic E-state index is 12.3. The number of hydrogen-bond acceptors (Lipinski definition) is 4. The molecule has 0 aromatic heterocycles. The average molecular weight is 353 g/mol. The van der Waals surface area contributed by atoms with E-state index in [4.69, 9.17) is 0 Å². The van der Waals surface area contributed by atoms with E-state index in [1.54, 1.807) is 0 Å². The number of carbonyl (C=O) groups is 1. The van der Waals surface area contributed by atoms with Gasteiger partial charge in [-0.15, -0.1) is 0 Å². The summed E-state index contributed by atoms with van der Waals surface area (Å²) < 4.78 is 23.1. The molecule has 1 aliphatic rings. The third-order valence-corrected chi connectivity index (χ3v) is 6.53. The van der Waals surface area contributed by atoms with E-state index >= 15 is 0 Å². The molecule has 24 heavy (non-hydrogen) atoms. The maximum Gasteiger partial charge on any atom is 0.224 e. The molecule has 0 radical (unpaired) electrons. The number of amides is 1. The highest BCUT2D eigenvalue weighted by molar-refractivity contribution is 7.91. The molecule has 1 aliphatic heterocycles. The van der Waals surface area contributed by atoms with Crippen LogP contribution in [0, 0.1) is 5.92 Å². The maximum atomic E-state index is 12.3. The molecule has 2 atom stereocenters. The highest BCUT2D eigenvalue weighted by atomic mass is 32.2. The molecule has 0 aliphatic carbocycles. The van der Waals surface area contributed by atoms with Crippen LogP contribution in [0.15, 0.2) is 30.3 Å². The normalized spacial score (nSPS) is 20.9. The molecule has 2 rings (SSSR count). The van der Waals surface area contributed by atoms with Gasteiger partial charge >= 0.3 is 0 Å². The smallest absolute Gasteiger partial charge is 0.224 e. The number of benzene rings is 1. The Balaban J connectivity index is 1.96. The molecule has 1 amide bonds. The molecule has 0 bridgehead atoms. The molecule has 1 fully saturated rings. The number of nitrogens with zero attached hydrogens (tertiary/aromatic N) is 1. The van der Waals surface area contributed by atoms with Crippen LogP contribution in [0.5, 0.6) is 0 Å². The van der Waals surface area contributed by atoms with Gasteiger partial charge in [0.1, 0.15) is 0 Å². The second-order valence-corrected chi connectivity index (χ2v) is 8.64. The Bertz CT molecular complexity index is 627. The van der Waals surface area contributed by atoms with E-state index in [0.29, 0.717) is 13.0 Å². The lowest BCUT2D eigenvalue weighted by Gasteiger charge is -2.30. The first-order chi connectivity index (χ1) is 11.4. The average Bonchev–Trinajstić information content (AvgIpc) is 2.94. The van der Waals surface area contributed by atoms with Gasteiger partial charge < -0.3 is 5.32 Å². The van der Waals surface area contributed by atoms with Crippen molar-refractivity contribution in [3.8, 4) is 0 Å². The lowest BCUT2D eigenvalue weighted by molar-refractivity contribution is -0.124. The molecule has 6 heteroatoms. The van der Waals surface area contributed by atoms with E-state index in [1.165, 1.54) is 5.56 Å². The van der Waals surface area contributed by atoms with Crippen LogP contribution in [0.2, 0.25) is 0 Å². The zero-order chi connectivity index (χ0) is 17.6. The summed E-state index contributed by atoms with van der Waals surface area (Å²) in [7, 11) is -3.02. The van der Waals surface area contributed by atoms with Crippen LogP contribution in [0.25, 0.3) is 0 Å². The molecular formula is C18H28N2O3S. The first kappa shape index (κ1) is 18.9. The fourth-order valence-electron chi connectivity index (χ4n) is 3.32. The number of nitrogens with one attached hydrogen (secondary N) is 1. The fraction of sp³-hybridized carbons (Fsp3) is 0.611. The predicted octanol–water partition coefficient (Wildman–Crippen LogP) is 1.49. The van der Waals surface area contributed by atoms with Gasteiger partial charge in [0, 0.05) is 12.6 Å². The van der Waals surface area contributed by atoms with Gasteiger partial charge in [0.05, 0.1) is 17.4 Å². The van der Waals surface area contributed by atoms with Crippen molar-refractivity contribution in [3.63, 3.8) is 0 Å². The summed E-state index contributed by atoms with van der Waals surface area (Å²) in [5.74, 6) is -0.382. The summed E-state index contributed by atoms with van der Waals surface area (Å²) in [6.45, 7) is 6.62. The second-order valence-electron chi connectivity index (χ2n) is 6.41. The van der Waals surface area contributed by atoms with Crippen LogP contribution in [-0.2, 0) is 21.1 Å². The number of likely N-dealkylation sites (N-methyl/N-ethyl adjacent to an activating group) is 1. The van der Waals surface area contributed by atoms with E-state index in [1.807, 2.05) is 18.2 Å². The Labute approximate surface area is 145 Å². The summed E-state index contributed by atoms with van der Waals surface area (Å²) in [5, 5.41) is 2.99. The quantitative estimate of drug-likeness (QED) is 0.770. The second kappa shape index (κ2) is 8.62. The van der Waals surface area contributed by atoms with Gasteiger partial charge in [-0.25, -0.2) is 8.42 Å². The first-order valence-electron chi connectivity index (χ1n) is 8.71. The van der Waals surface area contributed by atoms with Crippen molar-refractivity contribution in [2.45, 2.75) is 32.7 Å². The third-order valence-electron chi connectivity index (χ3n) is 4.76. The van der Waals surface area contributed by atoms with E-state index in [2.05, 4.69) is 36.2 Å². The zero-order valence-electron chi connectivity index (χ0n) is 14.6. The summed E-state index contributed by atoms with van der Waals surface area (Å²) in [6, 6.07) is 10.5. The van der Waals surface area contributed by atoms with Crippen molar-refractivity contribution in [2.75, 3.05) is 31.1 Å². The summed E-state index contributed by atoms with van der Waals surface area (Å²) in [5.41, 5.74) is 1.24. The lowest BCUT2D eigenvalue weighted by Crippen LogP contribution is -2.46. The largest absolute Gasteiger partial charge is 0.354 e. The Morgan fingerprint density at radius 3 is 2.46 bits per heavy atom. The van der Waals surface area contributed by atoms with E-state index in [9.17, 15) is 13.2 Å². The van der Waals surface area contributed by atoms with Crippen molar-refractivity contribution in [1.82, 2.24) is 10.2 Å². The van der Waals surface area contributed by atoms with Crippen LogP contribution in [0.4, 0.5) is 0 Å². The Morgan fingerprint density at radius 2 is 1.92 bits per heavy atom. The number of hydrogen-bond donors (Lipinski definition) is 1. The summed E-state index contributed by atoms with van der Waals surface area (Å²) >= 11 is 0. The van der Waals surface area contributed by atoms with Crippen LogP contribution in [-0.4, -0.2) is 56.4 Å². The molecule has 0 unspecified atom stereocenters. The lowest BCUT2D eigenvalue weighted by atomic mass is 10.0. The molecule has 1 saturated heterocycles. The first-order valence-corrected chi connectivity index (χ1v) is 10.5. The SMILES string of the molecule is CCN(CC)[C@@H](CNC(=O)[C@@H]1CCS(=O)(=O)C1)Cc1ccccc1. The standard InChI is InChI=1S/C18H28N2O3S/c1-3-20(4-2)17(12-15-8-6-5-7-9-15)13-19-18(21)16-10-11-24(22,23)14-16/h5-9,16-17H,3-4,10-14H2,1-2H3,(H,19,21)/t16-,17-/m1/s1. The van der Waals surface area contributed by atoms with Gasteiger partial charge in [-0.1, -0.05) is 44.2 Å². The van der Waals surface area contributed by atoms with Gasteiger partial charge in [0.2, 0.25) is 5.91 Å². The van der Waals surface area contributed by atoms with Crippen LogP contribution >= 0.6 is 0 Å². The van der Waals surface area contributed by atoms with E-state index < -0.39 is 9.84 Å². The van der Waals surface area contributed by atoms with Crippen molar-refractivity contribution in [2.24, 2.45) is 5.92 Å². The topological polar surface area (TPSA) is 66.5 Å². The minimum Gasteiger partial charge on any atom is -0.354 e. The van der Waals surface area contributed by atoms with Crippen molar-refractivity contribution in [1.29, 1.82) is 0 Å². The van der Waals surface area contributed by atoms with Gasteiger partial charge in [0.15, 0.2) is 9.84 Å².